The summed E-state index contributed by atoms with van der Waals surface area (Å²) < 4.78 is 3.10. The summed E-state index contributed by atoms with van der Waals surface area (Å²) in [6.45, 7) is 0.329. The monoisotopic (exact) mass is 357 g/mol. The van der Waals surface area contributed by atoms with Crippen LogP contribution in [0.5, 0.6) is 0 Å². The number of hydrogen-bond acceptors (Lipinski definition) is 3. The van der Waals surface area contributed by atoms with Crippen LogP contribution in [0.4, 0.5) is 0 Å². The predicted octanol–water partition coefficient (Wildman–Crippen LogP) is 2.60. The molecule has 1 fully saturated rings. The van der Waals surface area contributed by atoms with E-state index in [-0.39, 0.29) is 0 Å². The average molecular weight is 357 g/mol. The molecule has 1 saturated carbocycles. The zero-order valence-corrected chi connectivity index (χ0v) is 12.2. The number of rotatable bonds is 2. The van der Waals surface area contributed by atoms with Crippen LogP contribution in [0.25, 0.3) is 5.52 Å². The lowest BCUT2D eigenvalue weighted by atomic mass is 9.81. The molecule has 96 valence electrons. The zero-order valence-electron chi connectivity index (χ0n) is 10.1. The Labute approximate surface area is 120 Å². The van der Waals surface area contributed by atoms with Gasteiger partial charge in [0, 0.05) is 47.5 Å². The van der Waals surface area contributed by atoms with Crippen LogP contribution in [-0.4, -0.2) is 26.1 Å². The number of fused-ring (bicyclic) bond motifs is 1. The fraction of sp³-hybridized carbons (Fsp3) is 0.538. The van der Waals surface area contributed by atoms with Crippen molar-refractivity contribution in [1.82, 2.24) is 14.4 Å². The molecule has 0 amide bonds. The molecule has 0 unspecified atom stereocenters. The minimum absolute atomic E-state index is 0.329. The van der Waals surface area contributed by atoms with Crippen LogP contribution in [0, 0.1) is 9.75 Å². The maximum atomic E-state index is 9.19. The molecular weight excluding hydrogens is 341 g/mol. The van der Waals surface area contributed by atoms with Crippen LogP contribution in [0.2, 0.25) is 0 Å². The van der Waals surface area contributed by atoms with Crippen molar-refractivity contribution in [1.29, 1.82) is 0 Å². The minimum Gasteiger partial charge on any atom is -0.396 e. The van der Waals surface area contributed by atoms with Gasteiger partial charge in [-0.05, 0) is 31.6 Å². The number of aliphatic hydroxyl groups excluding tert-OH is 1. The third-order valence-electron chi connectivity index (χ3n) is 3.92. The molecule has 3 rings (SSSR count). The number of halogens is 1. The van der Waals surface area contributed by atoms with Crippen molar-refractivity contribution in [2.24, 2.45) is 5.92 Å². The molecule has 0 bridgehead atoms. The number of hydrogen-bond donors (Lipinski definition) is 1. The van der Waals surface area contributed by atoms with E-state index in [0.717, 1.165) is 35.0 Å². The fourth-order valence-electron chi connectivity index (χ4n) is 2.84. The SMILES string of the molecule is OCC1CCC(c2nc(I)n3ccncc23)CC1. The van der Waals surface area contributed by atoms with Crippen LogP contribution in [0.3, 0.4) is 0 Å². The first-order valence-corrected chi connectivity index (χ1v) is 7.45. The molecule has 1 aliphatic rings. The van der Waals surface area contributed by atoms with Crippen molar-refractivity contribution in [3.8, 4) is 0 Å². The standard InChI is InChI=1S/C13H16IN3O/c14-13-16-12(11-7-15-5-6-17(11)13)10-3-1-9(8-18)2-4-10/h5-7,9-10,18H,1-4,8H2. The van der Waals surface area contributed by atoms with E-state index in [1.54, 1.807) is 6.20 Å². The van der Waals surface area contributed by atoms with E-state index in [4.69, 9.17) is 4.98 Å². The maximum Gasteiger partial charge on any atom is 0.176 e. The van der Waals surface area contributed by atoms with E-state index in [1.165, 1.54) is 5.69 Å². The van der Waals surface area contributed by atoms with E-state index >= 15 is 0 Å². The third kappa shape index (κ3) is 2.14. The van der Waals surface area contributed by atoms with Crippen molar-refractivity contribution in [3.63, 3.8) is 0 Å². The van der Waals surface area contributed by atoms with E-state index in [2.05, 4.69) is 32.0 Å². The Kier molecular flexibility index (Phi) is 3.52. The molecule has 4 nitrogen and oxygen atoms in total. The summed E-state index contributed by atoms with van der Waals surface area (Å²) in [6.07, 6.45) is 10.1. The van der Waals surface area contributed by atoms with Crippen LogP contribution in [0.1, 0.15) is 37.3 Å². The van der Waals surface area contributed by atoms with Crippen molar-refractivity contribution >= 4 is 28.1 Å². The Bertz CT molecular complexity index is 546. The van der Waals surface area contributed by atoms with Crippen molar-refractivity contribution < 1.29 is 5.11 Å². The maximum absolute atomic E-state index is 9.19. The Balaban J connectivity index is 1.91. The summed E-state index contributed by atoms with van der Waals surface area (Å²) in [5.74, 6) is 1.02. The van der Waals surface area contributed by atoms with Crippen LogP contribution >= 0.6 is 22.6 Å². The van der Waals surface area contributed by atoms with E-state index < -0.39 is 0 Å². The van der Waals surface area contributed by atoms with Crippen molar-refractivity contribution in [2.75, 3.05) is 6.61 Å². The van der Waals surface area contributed by atoms with Crippen LogP contribution in [0.15, 0.2) is 18.6 Å². The molecule has 1 aliphatic carbocycles. The highest BCUT2D eigenvalue weighted by atomic mass is 127. The lowest BCUT2D eigenvalue weighted by Crippen LogP contribution is -2.16. The molecular formula is C13H16IN3O. The number of imidazole rings is 1. The molecule has 18 heavy (non-hydrogen) atoms. The average Bonchev–Trinajstić information content (AvgIpc) is 2.77. The molecule has 0 saturated heterocycles. The first kappa shape index (κ1) is 12.3. The first-order valence-electron chi connectivity index (χ1n) is 6.38. The highest BCUT2D eigenvalue weighted by Crippen LogP contribution is 2.36. The molecule has 2 aromatic heterocycles. The normalized spacial score (nSPS) is 24.6. The summed E-state index contributed by atoms with van der Waals surface area (Å²) >= 11 is 2.27. The number of nitrogens with zero attached hydrogens (tertiary/aromatic N) is 3. The molecule has 1 N–H and O–H groups in total. The van der Waals surface area contributed by atoms with Crippen LogP contribution in [-0.2, 0) is 0 Å². The van der Waals surface area contributed by atoms with E-state index in [9.17, 15) is 5.11 Å². The fourth-order valence-corrected chi connectivity index (χ4v) is 3.52. The summed E-state index contributed by atoms with van der Waals surface area (Å²) in [4.78, 5) is 8.92. The highest BCUT2D eigenvalue weighted by Gasteiger charge is 2.25. The van der Waals surface area contributed by atoms with Crippen molar-refractivity contribution in [2.45, 2.75) is 31.6 Å². The third-order valence-corrected chi connectivity index (χ3v) is 4.68. The van der Waals surface area contributed by atoms with Gasteiger partial charge in [-0.15, -0.1) is 0 Å². The number of aromatic nitrogens is 3. The Morgan fingerprint density at radius 1 is 1.33 bits per heavy atom. The van der Waals surface area contributed by atoms with Gasteiger partial charge >= 0.3 is 0 Å². The quantitative estimate of drug-likeness (QED) is 0.841. The summed E-state index contributed by atoms with van der Waals surface area (Å²) in [7, 11) is 0. The predicted molar refractivity (Wildman–Crippen MR) is 77.5 cm³/mol. The highest BCUT2D eigenvalue weighted by molar-refractivity contribution is 14.1. The van der Waals surface area contributed by atoms with Gasteiger partial charge in [-0.25, -0.2) is 4.98 Å². The van der Waals surface area contributed by atoms with Gasteiger partial charge in [-0.3, -0.25) is 9.38 Å². The van der Waals surface area contributed by atoms with Gasteiger partial charge in [0.2, 0.25) is 0 Å². The molecule has 2 heterocycles. The minimum atomic E-state index is 0.329. The molecule has 0 aliphatic heterocycles. The smallest absolute Gasteiger partial charge is 0.176 e. The van der Waals surface area contributed by atoms with Crippen molar-refractivity contribution in [3.05, 3.63) is 28.1 Å². The molecule has 5 heteroatoms. The molecule has 0 spiro atoms. The second kappa shape index (κ2) is 5.13. The van der Waals surface area contributed by atoms with Gasteiger partial charge in [0.1, 0.15) is 0 Å². The van der Waals surface area contributed by atoms with Crippen LogP contribution < -0.4 is 0 Å². The van der Waals surface area contributed by atoms with E-state index in [0.29, 0.717) is 18.4 Å². The molecule has 0 atom stereocenters. The van der Waals surface area contributed by atoms with Gasteiger partial charge in [-0.1, -0.05) is 0 Å². The lowest BCUT2D eigenvalue weighted by molar-refractivity contribution is 0.182. The Morgan fingerprint density at radius 3 is 2.83 bits per heavy atom. The second-order valence-electron chi connectivity index (χ2n) is 5.00. The van der Waals surface area contributed by atoms with Gasteiger partial charge in [-0.2, -0.15) is 0 Å². The van der Waals surface area contributed by atoms with E-state index in [1.807, 2.05) is 12.4 Å². The Hall–Kier alpha value is -0.690. The summed E-state index contributed by atoms with van der Waals surface area (Å²) in [6, 6.07) is 0. The molecule has 2 aromatic rings. The molecule has 0 radical (unpaired) electrons. The van der Waals surface area contributed by atoms with Gasteiger partial charge in [0.05, 0.1) is 17.4 Å². The van der Waals surface area contributed by atoms with Gasteiger partial charge in [0.25, 0.3) is 0 Å². The molecule has 0 aromatic carbocycles. The summed E-state index contributed by atoms with van der Waals surface area (Å²) in [5, 5.41) is 9.19. The van der Waals surface area contributed by atoms with Gasteiger partial charge < -0.3 is 5.11 Å². The Morgan fingerprint density at radius 2 is 2.11 bits per heavy atom. The van der Waals surface area contributed by atoms with Gasteiger partial charge in [0.15, 0.2) is 3.83 Å². The zero-order chi connectivity index (χ0) is 12.5. The lowest BCUT2D eigenvalue weighted by Gasteiger charge is -2.26. The topological polar surface area (TPSA) is 50.4 Å². The largest absolute Gasteiger partial charge is 0.396 e. The first-order chi connectivity index (χ1) is 8.79. The second-order valence-corrected chi connectivity index (χ2v) is 5.96. The number of aliphatic hydroxyl groups is 1. The summed E-state index contributed by atoms with van der Waals surface area (Å²) in [5.41, 5.74) is 2.32.